The van der Waals surface area contributed by atoms with Crippen LogP contribution in [0, 0.1) is 26.7 Å². The minimum atomic E-state index is 0.355. The molecule has 1 N–H and O–H groups in total. The first-order valence-electron chi connectivity index (χ1n) is 10.7. The second-order valence-electron chi connectivity index (χ2n) is 8.04. The zero-order valence-electron chi connectivity index (χ0n) is 19.7. The number of nitrogens with zero attached hydrogens (tertiary/aromatic N) is 4. The van der Waals surface area contributed by atoms with Crippen LogP contribution in [0.15, 0.2) is 30.6 Å². The van der Waals surface area contributed by atoms with Crippen LogP contribution in [0.25, 0.3) is 11.2 Å². The number of fused-ring (bicyclic) bond motifs is 1. The summed E-state index contributed by atoms with van der Waals surface area (Å²) >= 11 is 0. The van der Waals surface area contributed by atoms with Crippen LogP contribution < -0.4 is 5.32 Å². The minimum Gasteiger partial charge on any atom is -0.354 e. The molecule has 0 aliphatic rings. The van der Waals surface area contributed by atoms with E-state index < -0.39 is 0 Å². The van der Waals surface area contributed by atoms with E-state index in [0.717, 1.165) is 29.3 Å². The van der Waals surface area contributed by atoms with Crippen LogP contribution in [0.5, 0.6) is 0 Å². The lowest BCUT2D eigenvalue weighted by molar-refractivity contribution is 0.613. The van der Waals surface area contributed by atoms with Crippen molar-refractivity contribution in [2.45, 2.75) is 74.8 Å². The Kier molecular flexibility index (Phi) is 10.4. The summed E-state index contributed by atoms with van der Waals surface area (Å²) in [5.41, 5.74) is 5.38. The van der Waals surface area contributed by atoms with Crippen LogP contribution in [0.1, 0.15) is 70.8 Å². The van der Waals surface area contributed by atoms with Crippen molar-refractivity contribution in [3.05, 3.63) is 47.4 Å². The lowest BCUT2D eigenvalue weighted by Gasteiger charge is -2.08. The third-order valence-electron chi connectivity index (χ3n) is 4.48. The molecule has 2 heterocycles. The highest BCUT2D eigenvalue weighted by Crippen LogP contribution is 2.18. The Hall–Kier alpha value is -2.43. The van der Waals surface area contributed by atoms with Crippen molar-refractivity contribution in [2.24, 2.45) is 5.92 Å². The highest BCUT2D eigenvalue weighted by atomic mass is 15.2. The SMILES string of the molecule is CCC(C)C.CCNc1nc(C)c2ncn(C(C)C)c2n1.Cc1cccc(C)c1. The summed E-state index contributed by atoms with van der Waals surface area (Å²) in [6.45, 7) is 19.9. The summed E-state index contributed by atoms with van der Waals surface area (Å²) in [6.07, 6.45) is 3.13. The minimum absolute atomic E-state index is 0.355. The van der Waals surface area contributed by atoms with Crippen LogP contribution in [0.2, 0.25) is 0 Å². The van der Waals surface area contributed by atoms with Crippen LogP contribution >= 0.6 is 0 Å². The molecule has 0 saturated heterocycles. The van der Waals surface area contributed by atoms with Gasteiger partial charge in [0.15, 0.2) is 5.65 Å². The molecule has 0 aliphatic carbocycles. The van der Waals surface area contributed by atoms with Gasteiger partial charge in [0.25, 0.3) is 0 Å². The summed E-state index contributed by atoms with van der Waals surface area (Å²) in [5, 5.41) is 3.13. The fraction of sp³-hybridized carbons (Fsp3) is 0.542. The highest BCUT2D eigenvalue weighted by molar-refractivity contribution is 5.74. The molecular weight excluding hydrogens is 358 g/mol. The molecule has 160 valence electrons. The lowest BCUT2D eigenvalue weighted by Crippen LogP contribution is -2.06. The van der Waals surface area contributed by atoms with Crippen molar-refractivity contribution in [3.8, 4) is 0 Å². The van der Waals surface area contributed by atoms with Gasteiger partial charge >= 0.3 is 0 Å². The molecule has 5 nitrogen and oxygen atoms in total. The van der Waals surface area contributed by atoms with E-state index >= 15 is 0 Å². The maximum absolute atomic E-state index is 4.49. The van der Waals surface area contributed by atoms with Crippen LogP contribution in [0.3, 0.4) is 0 Å². The molecule has 0 aliphatic heterocycles. The first kappa shape index (κ1) is 24.6. The number of aryl methyl sites for hydroxylation is 3. The van der Waals surface area contributed by atoms with Crippen molar-refractivity contribution in [1.82, 2.24) is 19.5 Å². The predicted octanol–water partition coefficient (Wildman–Crippen LogP) is 6.50. The van der Waals surface area contributed by atoms with Gasteiger partial charge in [-0.25, -0.2) is 9.97 Å². The fourth-order valence-corrected chi connectivity index (χ4v) is 2.48. The molecule has 0 atom stereocenters. The maximum Gasteiger partial charge on any atom is 0.225 e. The lowest BCUT2D eigenvalue weighted by atomic mass is 10.2. The molecule has 0 spiro atoms. The summed E-state index contributed by atoms with van der Waals surface area (Å²) in [7, 11) is 0. The predicted molar refractivity (Wildman–Crippen MR) is 126 cm³/mol. The monoisotopic (exact) mass is 397 g/mol. The van der Waals surface area contributed by atoms with Gasteiger partial charge in [0.05, 0.1) is 12.0 Å². The smallest absolute Gasteiger partial charge is 0.225 e. The largest absolute Gasteiger partial charge is 0.354 e. The van der Waals surface area contributed by atoms with Gasteiger partial charge in [-0.1, -0.05) is 62.6 Å². The van der Waals surface area contributed by atoms with E-state index in [1.54, 1.807) is 0 Å². The van der Waals surface area contributed by atoms with Crippen molar-refractivity contribution in [3.63, 3.8) is 0 Å². The molecule has 0 fully saturated rings. The second kappa shape index (κ2) is 12.2. The number of anilines is 1. The van der Waals surface area contributed by atoms with E-state index in [4.69, 9.17) is 0 Å². The topological polar surface area (TPSA) is 55.6 Å². The molecule has 1 aromatic carbocycles. The summed E-state index contributed by atoms with van der Waals surface area (Å²) in [6, 6.07) is 8.80. The van der Waals surface area contributed by atoms with Crippen molar-refractivity contribution in [2.75, 3.05) is 11.9 Å². The third-order valence-corrected chi connectivity index (χ3v) is 4.48. The number of hydrogen-bond donors (Lipinski definition) is 1. The quantitative estimate of drug-likeness (QED) is 0.545. The van der Waals surface area contributed by atoms with Crippen molar-refractivity contribution in [1.29, 1.82) is 0 Å². The Bertz CT molecular complexity index is 848. The average molecular weight is 398 g/mol. The Morgan fingerprint density at radius 3 is 1.97 bits per heavy atom. The van der Waals surface area contributed by atoms with Crippen LogP contribution in [-0.2, 0) is 0 Å². The number of nitrogens with one attached hydrogen (secondary N) is 1. The second-order valence-corrected chi connectivity index (χ2v) is 8.04. The number of rotatable bonds is 4. The molecule has 5 heteroatoms. The summed E-state index contributed by atoms with van der Waals surface area (Å²) < 4.78 is 2.06. The Morgan fingerprint density at radius 2 is 1.55 bits per heavy atom. The fourth-order valence-electron chi connectivity index (χ4n) is 2.48. The molecule has 0 radical (unpaired) electrons. The standard InChI is InChI=1S/C11H17N5.C8H10.C5H12/c1-5-12-11-14-8(4)9-10(15-11)16(6-13-9)7(2)3;1-7-4-3-5-8(2)6-7;1-4-5(2)3/h6-7H,5H2,1-4H3,(H,12,14,15);3-6H,1-2H3;5H,4H2,1-3H3. The molecule has 2 aromatic heterocycles. The van der Waals surface area contributed by atoms with Gasteiger partial charge in [0, 0.05) is 12.6 Å². The van der Waals surface area contributed by atoms with E-state index in [1.807, 2.05) is 20.2 Å². The zero-order valence-corrected chi connectivity index (χ0v) is 19.7. The number of aromatic nitrogens is 4. The van der Waals surface area contributed by atoms with E-state index in [-0.39, 0.29) is 0 Å². The normalized spacial score (nSPS) is 10.4. The Morgan fingerprint density at radius 1 is 0.966 bits per heavy atom. The maximum atomic E-state index is 4.49. The van der Waals surface area contributed by atoms with Crippen molar-refractivity contribution < 1.29 is 0 Å². The number of benzene rings is 1. The van der Waals surface area contributed by atoms with Gasteiger partial charge in [-0.3, -0.25) is 0 Å². The highest BCUT2D eigenvalue weighted by Gasteiger charge is 2.11. The number of hydrogen-bond acceptors (Lipinski definition) is 4. The molecule has 3 aromatic rings. The van der Waals surface area contributed by atoms with E-state index in [1.165, 1.54) is 17.5 Å². The first-order valence-corrected chi connectivity index (χ1v) is 10.7. The number of imidazole rings is 1. The van der Waals surface area contributed by atoms with Crippen LogP contribution in [-0.4, -0.2) is 26.1 Å². The molecular formula is C24H39N5. The molecule has 29 heavy (non-hydrogen) atoms. The van der Waals surface area contributed by atoms with E-state index in [0.29, 0.717) is 12.0 Å². The molecule has 3 rings (SSSR count). The van der Waals surface area contributed by atoms with Gasteiger partial charge in [-0.15, -0.1) is 0 Å². The van der Waals surface area contributed by atoms with Gasteiger partial charge < -0.3 is 9.88 Å². The average Bonchev–Trinajstić information content (AvgIpc) is 3.07. The molecule has 0 unspecified atom stereocenters. The first-order chi connectivity index (χ1) is 13.7. The van der Waals surface area contributed by atoms with E-state index in [9.17, 15) is 0 Å². The van der Waals surface area contributed by atoms with Gasteiger partial charge in [0.1, 0.15) is 5.52 Å². The van der Waals surface area contributed by atoms with Crippen molar-refractivity contribution >= 4 is 17.1 Å². The molecule has 0 saturated carbocycles. The van der Waals surface area contributed by atoms with E-state index in [2.05, 4.69) is 97.6 Å². The zero-order chi connectivity index (χ0) is 22.0. The van der Waals surface area contributed by atoms with Crippen LogP contribution in [0.4, 0.5) is 5.95 Å². The summed E-state index contributed by atoms with van der Waals surface area (Å²) in [5.74, 6) is 1.56. The van der Waals surface area contributed by atoms with Gasteiger partial charge in [-0.2, -0.15) is 4.98 Å². The Balaban J connectivity index is 0.000000269. The van der Waals surface area contributed by atoms with Gasteiger partial charge in [-0.05, 0) is 47.5 Å². The molecule has 0 amide bonds. The third kappa shape index (κ3) is 8.22. The summed E-state index contributed by atoms with van der Waals surface area (Å²) in [4.78, 5) is 13.2. The molecule has 0 bridgehead atoms. The Labute approximate surface area is 177 Å². The van der Waals surface area contributed by atoms with Gasteiger partial charge in [0.2, 0.25) is 5.95 Å².